The lowest BCUT2D eigenvalue weighted by molar-refractivity contribution is -0.117. The largest absolute Gasteiger partial charge is 0.335 e. The average Bonchev–Trinajstić information content (AvgIpc) is 2.78. The van der Waals surface area contributed by atoms with Crippen LogP contribution in [-0.4, -0.2) is 29.2 Å². The number of rotatable bonds is 3. The third-order valence-corrected chi connectivity index (χ3v) is 3.59. The number of hydrogen-bond acceptors (Lipinski definition) is 2. The van der Waals surface area contributed by atoms with Crippen molar-refractivity contribution >= 4 is 11.7 Å². The first kappa shape index (κ1) is 13.7. The summed E-state index contributed by atoms with van der Waals surface area (Å²) in [6, 6.07) is 4.20. The second-order valence-corrected chi connectivity index (χ2v) is 5.16. The Morgan fingerprint density at radius 3 is 2.84 bits per heavy atom. The lowest BCUT2D eigenvalue weighted by Crippen LogP contribution is -2.37. The van der Waals surface area contributed by atoms with Gasteiger partial charge in [-0.1, -0.05) is 6.07 Å². The van der Waals surface area contributed by atoms with Gasteiger partial charge >= 0.3 is 0 Å². The number of halogens is 1. The number of carbonyl (C=O) groups excluding carboxylic acids is 2. The van der Waals surface area contributed by atoms with Crippen LogP contribution >= 0.6 is 0 Å². The molecule has 1 fully saturated rings. The van der Waals surface area contributed by atoms with Crippen LogP contribution in [0.5, 0.6) is 0 Å². The summed E-state index contributed by atoms with van der Waals surface area (Å²) in [7, 11) is 0. The number of aryl methyl sites for hydroxylation is 1. The zero-order valence-corrected chi connectivity index (χ0v) is 11.3. The van der Waals surface area contributed by atoms with Crippen LogP contribution in [0, 0.1) is 12.7 Å². The van der Waals surface area contributed by atoms with Gasteiger partial charge in [0.2, 0.25) is 0 Å². The summed E-state index contributed by atoms with van der Waals surface area (Å²) in [5.41, 5.74) is 1.16. The van der Waals surface area contributed by atoms with Crippen LogP contribution in [0.15, 0.2) is 18.2 Å². The Bertz CT molecular complexity index is 513. The molecule has 1 amide bonds. The average molecular weight is 263 g/mol. The molecule has 0 saturated carbocycles. The first-order valence-corrected chi connectivity index (χ1v) is 6.55. The first-order chi connectivity index (χ1) is 8.99. The highest BCUT2D eigenvalue weighted by molar-refractivity contribution is 5.96. The van der Waals surface area contributed by atoms with Crippen molar-refractivity contribution in [3.8, 4) is 0 Å². The van der Waals surface area contributed by atoms with Crippen molar-refractivity contribution in [2.75, 3.05) is 6.54 Å². The molecule has 2 rings (SSSR count). The van der Waals surface area contributed by atoms with Gasteiger partial charge in [0, 0.05) is 24.6 Å². The maximum atomic E-state index is 13.3. The molecule has 1 saturated heterocycles. The second kappa shape index (κ2) is 5.51. The van der Waals surface area contributed by atoms with Gasteiger partial charge in [-0.15, -0.1) is 0 Å². The Morgan fingerprint density at radius 2 is 2.16 bits per heavy atom. The standard InChI is InChI=1S/C15H18FNO2/c1-10-5-6-12(16)9-14(10)15(19)17-7-3-4-13(17)8-11(2)18/h5-6,9,13H,3-4,7-8H2,1-2H3. The van der Waals surface area contributed by atoms with Crippen LogP contribution in [0.2, 0.25) is 0 Å². The maximum Gasteiger partial charge on any atom is 0.254 e. The van der Waals surface area contributed by atoms with E-state index in [2.05, 4.69) is 0 Å². The monoisotopic (exact) mass is 263 g/mol. The fraction of sp³-hybridized carbons (Fsp3) is 0.467. The molecule has 1 aromatic carbocycles. The number of amides is 1. The fourth-order valence-corrected chi connectivity index (χ4v) is 2.63. The van der Waals surface area contributed by atoms with Gasteiger partial charge in [-0.2, -0.15) is 0 Å². The lowest BCUT2D eigenvalue weighted by Gasteiger charge is -2.24. The van der Waals surface area contributed by atoms with Crippen molar-refractivity contribution in [2.24, 2.45) is 0 Å². The van der Waals surface area contributed by atoms with Crippen LogP contribution in [-0.2, 0) is 4.79 Å². The number of likely N-dealkylation sites (tertiary alicyclic amines) is 1. The predicted octanol–water partition coefficient (Wildman–Crippen LogP) is 2.72. The number of carbonyl (C=O) groups is 2. The van der Waals surface area contributed by atoms with E-state index in [1.54, 1.807) is 17.9 Å². The van der Waals surface area contributed by atoms with Crippen molar-refractivity contribution in [2.45, 2.75) is 39.2 Å². The summed E-state index contributed by atoms with van der Waals surface area (Å²) in [6.07, 6.45) is 2.14. The highest BCUT2D eigenvalue weighted by Crippen LogP contribution is 2.24. The molecule has 3 nitrogen and oxygen atoms in total. The summed E-state index contributed by atoms with van der Waals surface area (Å²) in [4.78, 5) is 25.4. The van der Waals surface area contributed by atoms with Crippen LogP contribution in [0.1, 0.15) is 42.1 Å². The smallest absolute Gasteiger partial charge is 0.254 e. The van der Waals surface area contributed by atoms with Crippen LogP contribution in [0.3, 0.4) is 0 Å². The molecule has 1 aliphatic rings. The van der Waals surface area contributed by atoms with Gasteiger partial charge in [-0.25, -0.2) is 4.39 Å². The highest BCUT2D eigenvalue weighted by Gasteiger charge is 2.30. The van der Waals surface area contributed by atoms with Crippen LogP contribution in [0.25, 0.3) is 0 Å². The quantitative estimate of drug-likeness (QED) is 0.841. The Balaban J connectivity index is 2.23. The van der Waals surface area contributed by atoms with Crippen molar-refractivity contribution in [3.05, 3.63) is 35.1 Å². The molecule has 4 heteroatoms. The molecule has 1 aliphatic heterocycles. The molecule has 0 bridgehead atoms. The van der Waals surface area contributed by atoms with Crippen molar-refractivity contribution in [1.29, 1.82) is 0 Å². The third kappa shape index (κ3) is 3.00. The molecule has 1 heterocycles. The molecule has 1 atom stereocenters. The van der Waals surface area contributed by atoms with Gasteiger partial charge in [0.25, 0.3) is 5.91 Å². The van der Waals surface area contributed by atoms with Crippen molar-refractivity contribution < 1.29 is 14.0 Å². The summed E-state index contributed by atoms with van der Waals surface area (Å²) >= 11 is 0. The second-order valence-electron chi connectivity index (χ2n) is 5.16. The molecule has 0 spiro atoms. The molecule has 1 unspecified atom stereocenters. The molecule has 0 N–H and O–H groups in total. The summed E-state index contributed by atoms with van der Waals surface area (Å²) in [5.74, 6) is -0.488. The zero-order valence-electron chi connectivity index (χ0n) is 11.3. The SMILES string of the molecule is CC(=O)CC1CCCN1C(=O)c1cc(F)ccc1C. The fourth-order valence-electron chi connectivity index (χ4n) is 2.63. The molecule has 0 aromatic heterocycles. The maximum absolute atomic E-state index is 13.3. The number of nitrogens with zero attached hydrogens (tertiary/aromatic N) is 1. The number of Topliss-reactive ketones (excluding diaryl/α,β-unsaturated/α-hetero) is 1. The van der Waals surface area contributed by atoms with Gasteiger partial charge in [-0.3, -0.25) is 9.59 Å². The van der Waals surface area contributed by atoms with E-state index in [9.17, 15) is 14.0 Å². The molecule has 102 valence electrons. The van der Waals surface area contributed by atoms with E-state index in [1.807, 2.05) is 0 Å². The molecule has 1 aromatic rings. The van der Waals surface area contributed by atoms with Crippen molar-refractivity contribution in [3.63, 3.8) is 0 Å². The van der Waals surface area contributed by atoms with Gasteiger partial charge in [0.1, 0.15) is 11.6 Å². The number of hydrogen-bond donors (Lipinski definition) is 0. The molecular weight excluding hydrogens is 245 g/mol. The highest BCUT2D eigenvalue weighted by atomic mass is 19.1. The number of benzene rings is 1. The Morgan fingerprint density at radius 1 is 1.42 bits per heavy atom. The minimum Gasteiger partial charge on any atom is -0.335 e. The van der Waals surface area contributed by atoms with E-state index < -0.39 is 5.82 Å². The van der Waals surface area contributed by atoms with E-state index in [1.165, 1.54) is 19.1 Å². The molecule has 0 aliphatic carbocycles. The Labute approximate surface area is 112 Å². The minimum atomic E-state index is -0.406. The summed E-state index contributed by atoms with van der Waals surface area (Å²) in [6.45, 7) is 3.98. The van der Waals surface area contributed by atoms with Gasteiger partial charge in [0.15, 0.2) is 0 Å². The normalized spacial score (nSPS) is 18.7. The lowest BCUT2D eigenvalue weighted by atomic mass is 10.1. The first-order valence-electron chi connectivity index (χ1n) is 6.55. The summed E-state index contributed by atoms with van der Waals surface area (Å²) < 4.78 is 13.3. The minimum absolute atomic E-state index is 0.0346. The van der Waals surface area contributed by atoms with E-state index in [-0.39, 0.29) is 17.7 Å². The summed E-state index contributed by atoms with van der Waals surface area (Å²) in [5, 5.41) is 0. The van der Waals surface area contributed by atoms with E-state index in [4.69, 9.17) is 0 Å². The Hall–Kier alpha value is -1.71. The van der Waals surface area contributed by atoms with E-state index in [0.29, 0.717) is 18.5 Å². The molecule has 19 heavy (non-hydrogen) atoms. The van der Waals surface area contributed by atoms with Crippen molar-refractivity contribution in [1.82, 2.24) is 4.90 Å². The van der Waals surface area contributed by atoms with Gasteiger partial charge in [-0.05, 0) is 44.4 Å². The van der Waals surface area contributed by atoms with E-state index >= 15 is 0 Å². The van der Waals surface area contributed by atoms with Crippen LogP contribution in [0.4, 0.5) is 4.39 Å². The Kier molecular flexibility index (Phi) is 3.98. The van der Waals surface area contributed by atoms with Gasteiger partial charge in [0.05, 0.1) is 0 Å². The third-order valence-electron chi connectivity index (χ3n) is 3.59. The van der Waals surface area contributed by atoms with Gasteiger partial charge < -0.3 is 4.90 Å². The molecular formula is C15H18FNO2. The van der Waals surface area contributed by atoms with Crippen LogP contribution < -0.4 is 0 Å². The number of ketones is 1. The topological polar surface area (TPSA) is 37.4 Å². The van der Waals surface area contributed by atoms with E-state index in [0.717, 1.165) is 18.4 Å². The zero-order chi connectivity index (χ0) is 14.0. The predicted molar refractivity (Wildman–Crippen MR) is 70.5 cm³/mol. The molecule has 0 radical (unpaired) electrons.